The number of imidazole rings is 1. The molecule has 10 heteroatoms. The van der Waals surface area contributed by atoms with E-state index < -0.39 is 16.9 Å². The largest absolute Gasteiger partial charge is 0.452 e. The van der Waals surface area contributed by atoms with E-state index in [4.69, 9.17) is 0 Å². The third-order valence-corrected chi connectivity index (χ3v) is 4.18. The molecular formula is C19H17N5O5. The van der Waals surface area contributed by atoms with E-state index >= 15 is 0 Å². The Morgan fingerprint density at radius 1 is 1.21 bits per heavy atom. The fourth-order valence-corrected chi connectivity index (χ4v) is 2.64. The summed E-state index contributed by atoms with van der Waals surface area (Å²) in [6.45, 7) is 0. The maximum atomic E-state index is 12.5. The van der Waals surface area contributed by atoms with Crippen LogP contribution in [0.4, 0.5) is 21.9 Å². The standard InChI is InChI=1S/C19H17N5O5/c1-22(19(26)29-2)15-6-4-14(5-7-15)21-18(25)13-3-8-16(17(11-13)24(27)28)23-10-9-20-12-23/h3-12H,1-2H3,(H,21,25). The summed E-state index contributed by atoms with van der Waals surface area (Å²) in [7, 11) is 2.84. The summed E-state index contributed by atoms with van der Waals surface area (Å²) in [5.41, 5.74) is 1.27. The molecule has 0 aliphatic rings. The monoisotopic (exact) mass is 395 g/mol. The number of methoxy groups -OCH3 is 1. The second-order valence-corrected chi connectivity index (χ2v) is 5.96. The van der Waals surface area contributed by atoms with Gasteiger partial charge in [0.05, 0.1) is 18.4 Å². The van der Waals surface area contributed by atoms with E-state index in [1.165, 1.54) is 47.3 Å². The van der Waals surface area contributed by atoms with Crippen molar-refractivity contribution in [3.05, 3.63) is 76.9 Å². The highest BCUT2D eigenvalue weighted by molar-refractivity contribution is 6.05. The maximum Gasteiger partial charge on any atom is 0.413 e. The van der Waals surface area contributed by atoms with E-state index in [1.54, 1.807) is 37.5 Å². The number of nitrogens with zero attached hydrogens (tertiary/aromatic N) is 4. The van der Waals surface area contributed by atoms with Crippen molar-refractivity contribution in [2.45, 2.75) is 0 Å². The second kappa shape index (κ2) is 8.21. The first-order valence-electron chi connectivity index (χ1n) is 8.40. The molecule has 0 saturated carbocycles. The van der Waals surface area contributed by atoms with Crippen LogP contribution in [-0.4, -0.2) is 40.6 Å². The van der Waals surface area contributed by atoms with Crippen LogP contribution >= 0.6 is 0 Å². The van der Waals surface area contributed by atoms with Crippen LogP contribution in [-0.2, 0) is 4.74 Å². The zero-order valence-corrected chi connectivity index (χ0v) is 15.6. The number of benzene rings is 2. The predicted octanol–water partition coefficient (Wildman–Crippen LogP) is 3.24. The molecule has 0 bridgehead atoms. The number of anilines is 2. The highest BCUT2D eigenvalue weighted by Gasteiger charge is 2.19. The van der Waals surface area contributed by atoms with E-state index in [-0.39, 0.29) is 11.3 Å². The van der Waals surface area contributed by atoms with Gasteiger partial charge in [0.15, 0.2) is 0 Å². The van der Waals surface area contributed by atoms with Crippen molar-refractivity contribution in [2.75, 3.05) is 24.4 Å². The average Bonchev–Trinajstić information content (AvgIpc) is 3.27. The van der Waals surface area contributed by atoms with Gasteiger partial charge in [-0.15, -0.1) is 0 Å². The molecule has 29 heavy (non-hydrogen) atoms. The van der Waals surface area contributed by atoms with Gasteiger partial charge in [-0.2, -0.15) is 0 Å². The Kier molecular flexibility index (Phi) is 5.54. The molecule has 1 heterocycles. The fraction of sp³-hybridized carbons (Fsp3) is 0.105. The van der Waals surface area contributed by atoms with Crippen molar-refractivity contribution in [3.63, 3.8) is 0 Å². The van der Waals surface area contributed by atoms with Gasteiger partial charge in [0.25, 0.3) is 11.6 Å². The van der Waals surface area contributed by atoms with Crippen LogP contribution in [0, 0.1) is 10.1 Å². The number of carbonyl (C=O) groups excluding carboxylic acids is 2. The summed E-state index contributed by atoms with van der Waals surface area (Å²) < 4.78 is 6.14. The van der Waals surface area contributed by atoms with E-state index in [9.17, 15) is 19.7 Å². The van der Waals surface area contributed by atoms with Crippen LogP contribution in [0.3, 0.4) is 0 Å². The van der Waals surface area contributed by atoms with Gasteiger partial charge >= 0.3 is 6.09 Å². The average molecular weight is 395 g/mol. The van der Waals surface area contributed by atoms with Crippen LogP contribution in [0.15, 0.2) is 61.2 Å². The van der Waals surface area contributed by atoms with E-state index in [0.717, 1.165) is 0 Å². The first kappa shape index (κ1) is 19.5. The van der Waals surface area contributed by atoms with Crippen LogP contribution < -0.4 is 10.2 Å². The molecule has 0 aliphatic carbocycles. The van der Waals surface area contributed by atoms with Crippen molar-refractivity contribution < 1.29 is 19.2 Å². The minimum absolute atomic E-state index is 0.135. The van der Waals surface area contributed by atoms with Gasteiger partial charge < -0.3 is 14.6 Å². The maximum absolute atomic E-state index is 12.5. The van der Waals surface area contributed by atoms with Crippen LogP contribution in [0.25, 0.3) is 5.69 Å². The lowest BCUT2D eigenvalue weighted by molar-refractivity contribution is -0.384. The van der Waals surface area contributed by atoms with Crippen molar-refractivity contribution in [2.24, 2.45) is 0 Å². The molecule has 10 nitrogen and oxygen atoms in total. The number of carbonyl (C=O) groups is 2. The Hall–Kier alpha value is -4.21. The number of nitrogens with one attached hydrogen (secondary N) is 1. The molecule has 3 rings (SSSR count). The molecule has 1 aromatic heterocycles. The Morgan fingerprint density at radius 3 is 2.52 bits per heavy atom. The number of ether oxygens (including phenoxy) is 1. The number of hydrogen-bond acceptors (Lipinski definition) is 6. The highest BCUT2D eigenvalue weighted by Crippen LogP contribution is 2.25. The van der Waals surface area contributed by atoms with E-state index in [1.807, 2.05) is 0 Å². The summed E-state index contributed by atoms with van der Waals surface area (Å²) in [5, 5.41) is 14.1. The van der Waals surface area contributed by atoms with Crippen LogP contribution in [0.5, 0.6) is 0 Å². The highest BCUT2D eigenvalue weighted by atomic mass is 16.6. The molecule has 2 aromatic carbocycles. The smallest absolute Gasteiger partial charge is 0.413 e. The zero-order chi connectivity index (χ0) is 21.0. The second-order valence-electron chi connectivity index (χ2n) is 5.96. The van der Waals surface area contributed by atoms with Gasteiger partial charge in [-0.05, 0) is 36.4 Å². The Bertz CT molecular complexity index is 1050. The zero-order valence-electron chi connectivity index (χ0n) is 15.6. The first-order valence-corrected chi connectivity index (χ1v) is 8.40. The molecule has 148 valence electrons. The van der Waals surface area contributed by atoms with Gasteiger partial charge in [-0.1, -0.05) is 0 Å². The number of hydrogen-bond donors (Lipinski definition) is 1. The number of nitro groups is 1. The Balaban J connectivity index is 1.80. The lowest BCUT2D eigenvalue weighted by atomic mass is 10.1. The quantitative estimate of drug-likeness (QED) is 0.523. The van der Waals surface area contributed by atoms with Crippen LogP contribution in [0.1, 0.15) is 10.4 Å². The van der Waals surface area contributed by atoms with Crippen LogP contribution in [0.2, 0.25) is 0 Å². The van der Waals surface area contributed by atoms with Crippen molar-refractivity contribution in [3.8, 4) is 5.69 Å². The summed E-state index contributed by atoms with van der Waals surface area (Å²) in [5.74, 6) is -0.501. The number of amides is 2. The summed E-state index contributed by atoms with van der Waals surface area (Å²) in [6, 6.07) is 10.7. The third-order valence-electron chi connectivity index (χ3n) is 4.18. The van der Waals surface area contributed by atoms with Gasteiger partial charge in [0.1, 0.15) is 5.69 Å². The number of rotatable bonds is 5. The van der Waals surface area contributed by atoms with Gasteiger partial charge in [-0.3, -0.25) is 19.8 Å². The summed E-state index contributed by atoms with van der Waals surface area (Å²) in [6.07, 6.45) is 4.00. The Labute approximate surface area is 165 Å². The fourth-order valence-electron chi connectivity index (χ4n) is 2.64. The number of aromatic nitrogens is 2. The molecule has 0 radical (unpaired) electrons. The summed E-state index contributed by atoms with van der Waals surface area (Å²) >= 11 is 0. The normalized spacial score (nSPS) is 10.3. The van der Waals surface area contributed by atoms with E-state index in [0.29, 0.717) is 17.1 Å². The molecular weight excluding hydrogens is 378 g/mol. The lowest BCUT2D eigenvalue weighted by Gasteiger charge is -2.16. The number of nitro benzene ring substituents is 1. The lowest BCUT2D eigenvalue weighted by Crippen LogP contribution is -2.25. The van der Waals surface area contributed by atoms with Crippen molar-refractivity contribution in [1.29, 1.82) is 0 Å². The molecule has 1 N–H and O–H groups in total. The molecule has 0 saturated heterocycles. The molecule has 0 atom stereocenters. The SMILES string of the molecule is COC(=O)N(C)c1ccc(NC(=O)c2ccc(-n3ccnc3)c([N+](=O)[O-])c2)cc1. The van der Waals surface area contributed by atoms with Gasteiger partial charge in [0, 0.05) is 42.4 Å². The van der Waals surface area contributed by atoms with Crippen molar-refractivity contribution >= 4 is 29.1 Å². The Morgan fingerprint density at radius 2 is 1.93 bits per heavy atom. The molecule has 2 amide bonds. The minimum atomic E-state index is -0.552. The van der Waals surface area contributed by atoms with Gasteiger partial charge in [0.2, 0.25) is 0 Å². The molecule has 0 unspecified atom stereocenters. The minimum Gasteiger partial charge on any atom is -0.452 e. The third kappa shape index (κ3) is 4.21. The first-order chi connectivity index (χ1) is 13.9. The molecule has 3 aromatic rings. The van der Waals surface area contributed by atoms with Crippen molar-refractivity contribution in [1.82, 2.24) is 9.55 Å². The molecule has 0 fully saturated rings. The predicted molar refractivity (Wildman–Crippen MR) is 105 cm³/mol. The molecule has 0 aliphatic heterocycles. The van der Waals surface area contributed by atoms with Gasteiger partial charge in [-0.25, -0.2) is 9.78 Å². The molecule has 0 spiro atoms. The van der Waals surface area contributed by atoms with E-state index in [2.05, 4.69) is 15.0 Å². The topological polar surface area (TPSA) is 120 Å². The summed E-state index contributed by atoms with van der Waals surface area (Å²) in [4.78, 5) is 40.1.